The largest absolute Gasteiger partial charge is 0.473 e. The van der Waals surface area contributed by atoms with Gasteiger partial charge in [0.05, 0.1) is 23.0 Å². The molecule has 1 aromatic heterocycles. The number of nitrogens with zero attached hydrogens (tertiary/aromatic N) is 4. The molecule has 0 unspecified atom stereocenters. The van der Waals surface area contributed by atoms with E-state index in [2.05, 4.69) is 9.97 Å². The Kier molecular flexibility index (Phi) is 5.89. The van der Waals surface area contributed by atoms with Gasteiger partial charge in [0.15, 0.2) is 5.16 Å². The quantitative estimate of drug-likeness (QED) is 0.339. The van der Waals surface area contributed by atoms with E-state index in [4.69, 9.17) is 4.74 Å². The van der Waals surface area contributed by atoms with Crippen molar-refractivity contribution in [2.24, 2.45) is 0 Å². The van der Waals surface area contributed by atoms with Gasteiger partial charge in [0, 0.05) is 13.1 Å². The van der Waals surface area contributed by atoms with E-state index in [1.165, 1.54) is 11.8 Å². The Labute approximate surface area is 139 Å². The molecule has 1 saturated heterocycles. The highest BCUT2D eigenvalue weighted by Crippen LogP contribution is 2.43. The molecule has 0 bridgehead atoms. The zero-order valence-electron chi connectivity index (χ0n) is 13.0. The van der Waals surface area contributed by atoms with E-state index in [0.29, 0.717) is 31.3 Å². The Morgan fingerprint density at radius 1 is 1.39 bits per heavy atom. The van der Waals surface area contributed by atoms with Crippen molar-refractivity contribution in [2.75, 3.05) is 42.4 Å². The van der Waals surface area contributed by atoms with E-state index in [1.54, 1.807) is 11.2 Å². The van der Waals surface area contributed by atoms with Gasteiger partial charge in [0.2, 0.25) is 5.82 Å². The first kappa shape index (κ1) is 18.0. The first-order valence-corrected chi connectivity index (χ1v) is 10.2. The highest BCUT2D eigenvalue weighted by Gasteiger charge is 2.33. The number of ether oxygens (including phenoxy) is 1. The molecule has 0 aromatic carbocycles. The second-order valence-electron chi connectivity index (χ2n) is 4.99. The molecule has 0 spiro atoms. The normalized spacial score (nSPS) is 18.5. The maximum Gasteiger partial charge on any atom is 0.373 e. The Morgan fingerprint density at radius 2 is 2.04 bits per heavy atom. The first-order chi connectivity index (χ1) is 10.9. The third-order valence-electron chi connectivity index (χ3n) is 3.30. The molecule has 11 heteroatoms. The average molecular weight is 364 g/mol. The van der Waals surface area contributed by atoms with Crippen LogP contribution in [0.4, 0.5) is 11.5 Å². The van der Waals surface area contributed by atoms with Crippen LogP contribution in [-0.4, -0.2) is 61.5 Å². The molecule has 1 aromatic rings. The van der Waals surface area contributed by atoms with Crippen molar-refractivity contribution in [3.05, 3.63) is 10.1 Å². The fraction of sp³-hybridized carbons (Fsp3) is 0.667. The number of rotatable bonds is 6. The molecule has 2 N–H and O–H groups in total. The summed E-state index contributed by atoms with van der Waals surface area (Å²) in [6.07, 6.45) is 2.48. The predicted octanol–water partition coefficient (Wildman–Crippen LogP) is 2.47. The molecule has 0 radical (unpaired) electrons. The minimum Gasteiger partial charge on any atom is -0.473 e. The molecule has 130 valence electrons. The van der Waals surface area contributed by atoms with Crippen molar-refractivity contribution in [2.45, 2.75) is 18.5 Å². The topological polar surface area (TPSA) is 122 Å². The molecule has 2 rings (SSSR count). The van der Waals surface area contributed by atoms with Crippen molar-refractivity contribution in [3.8, 4) is 5.88 Å². The minimum atomic E-state index is -2.59. The fourth-order valence-corrected chi connectivity index (χ4v) is 3.69. The third kappa shape index (κ3) is 4.37. The number of thioether (sulfide) groups is 1. The standard InChI is InChI=1S/C12H20N4O5S2/c1-3-6-21-11-9(16(17)18)10(13-12(14-11)22-2)15-4-7-23(19,20)8-5-15/h19-20H,3-8H2,1-2H3. The zero-order valence-corrected chi connectivity index (χ0v) is 14.6. The molecule has 9 nitrogen and oxygen atoms in total. The van der Waals surface area contributed by atoms with Gasteiger partial charge in [-0.1, -0.05) is 18.7 Å². The van der Waals surface area contributed by atoms with E-state index in [0.717, 1.165) is 0 Å². The summed E-state index contributed by atoms with van der Waals surface area (Å²) in [6, 6.07) is 0. The zero-order chi connectivity index (χ0) is 17.0. The van der Waals surface area contributed by atoms with Crippen LogP contribution in [0.1, 0.15) is 13.3 Å². The fourth-order valence-electron chi connectivity index (χ4n) is 2.11. The van der Waals surface area contributed by atoms with Crippen LogP contribution in [0.3, 0.4) is 0 Å². The van der Waals surface area contributed by atoms with E-state index in [9.17, 15) is 19.2 Å². The SMILES string of the molecule is CCCOc1nc(SC)nc(N2CCS(O)(O)CC2)c1[N+](=O)[O-]. The Morgan fingerprint density at radius 3 is 2.57 bits per heavy atom. The van der Waals surface area contributed by atoms with Crippen molar-refractivity contribution in [3.63, 3.8) is 0 Å². The van der Waals surface area contributed by atoms with Gasteiger partial charge >= 0.3 is 11.6 Å². The first-order valence-electron chi connectivity index (χ1n) is 7.09. The van der Waals surface area contributed by atoms with Crippen LogP contribution in [0.5, 0.6) is 5.88 Å². The van der Waals surface area contributed by atoms with Crippen molar-refractivity contribution in [1.82, 2.24) is 9.97 Å². The van der Waals surface area contributed by atoms with E-state index in [-0.39, 0.29) is 28.9 Å². The summed E-state index contributed by atoms with van der Waals surface area (Å²) in [6.45, 7) is 2.81. The lowest BCUT2D eigenvalue weighted by atomic mass is 10.4. The summed E-state index contributed by atoms with van der Waals surface area (Å²) in [5.74, 6) is 0.487. The Bertz CT molecular complexity index is 577. The van der Waals surface area contributed by atoms with E-state index < -0.39 is 15.5 Å². The molecular weight excluding hydrogens is 344 g/mol. The molecule has 1 aliphatic rings. The van der Waals surface area contributed by atoms with Crippen LogP contribution in [0.2, 0.25) is 0 Å². The highest BCUT2D eigenvalue weighted by atomic mass is 32.3. The summed E-state index contributed by atoms with van der Waals surface area (Å²) in [4.78, 5) is 21.0. The second kappa shape index (κ2) is 7.51. The number of aromatic nitrogens is 2. The van der Waals surface area contributed by atoms with E-state index in [1.807, 2.05) is 6.92 Å². The van der Waals surface area contributed by atoms with E-state index >= 15 is 0 Å². The smallest absolute Gasteiger partial charge is 0.373 e. The summed E-state index contributed by atoms with van der Waals surface area (Å²) < 4.78 is 24.8. The van der Waals surface area contributed by atoms with Crippen LogP contribution in [-0.2, 0) is 0 Å². The van der Waals surface area contributed by atoms with Gasteiger partial charge in [-0.15, -0.1) is 0 Å². The van der Waals surface area contributed by atoms with Crippen LogP contribution in [0.25, 0.3) is 0 Å². The van der Waals surface area contributed by atoms with Gasteiger partial charge in [-0.05, 0) is 12.7 Å². The maximum atomic E-state index is 11.5. The lowest BCUT2D eigenvalue weighted by molar-refractivity contribution is -0.385. The molecule has 1 aliphatic heterocycles. The van der Waals surface area contributed by atoms with Crippen LogP contribution >= 0.6 is 22.4 Å². The maximum absolute atomic E-state index is 11.5. The molecule has 23 heavy (non-hydrogen) atoms. The number of anilines is 1. The molecule has 1 fully saturated rings. The molecule has 0 aliphatic carbocycles. The molecule has 0 saturated carbocycles. The Balaban J connectivity index is 2.41. The van der Waals surface area contributed by atoms with Gasteiger partial charge in [-0.3, -0.25) is 19.2 Å². The van der Waals surface area contributed by atoms with Gasteiger partial charge in [0.1, 0.15) is 0 Å². The van der Waals surface area contributed by atoms with Crippen molar-refractivity contribution >= 4 is 33.9 Å². The summed E-state index contributed by atoms with van der Waals surface area (Å²) in [7, 11) is -2.59. The molecular formula is C12H20N4O5S2. The molecule has 0 atom stereocenters. The molecule has 2 heterocycles. The minimum absolute atomic E-state index is 0.0385. The highest BCUT2D eigenvalue weighted by molar-refractivity contribution is 8.24. The second-order valence-corrected chi connectivity index (χ2v) is 8.18. The summed E-state index contributed by atoms with van der Waals surface area (Å²) in [5.41, 5.74) is -0.269. The number of hydrogen-bond acceptors (Lipinski definition) is 9. The van der Waals surface area contributed by atoms with Crippen molar-refractivity contribution < 1.29 is 18.8 Å². The summed E-state index contributed by atoms with van der Waals surface area (Å²) in [5, 5.41) is 11.9. The summed E-state index contributed by atoms with van der Waals surface area (Å²) >= 11 is 1.27. The number of hydrogen-bond donors (Lipinski definition) is 2. The van der Waals surface area contributed by atoms with Gasteiger partial charge in [0.25, 0.3) is 0 Å². The lowest BCUT2D eigenvalue weighted by Gasteiger charge is -2.41. The van der Waals surface area contributed by atoms with Crippen LogP contribution in [0.15, 0.2) is 5.16 Å². The molecule has 0 amide bonds. The Hall–Kier alpha value is -1.30. The monoisotopic (exact) mass is 364 g/mol. The average Bonchev–Trinajstić information content (AvgIpc) is 2.51. The van der Waals surface area contributed by atoms with Gasteiger partial charge < -0.3 is 9.64 Å². The predicted molar refractivity (Wildman–Crippen MR) is 91.0 cm³/mol. The van der Waals surface area contributed by atoms with Crippen LogP contribution in [0, 0.1) is 10.1 Å². The number of nitro groups is 1. The lowest BCUT2D eigenvalue weighted by Crippen LogP contribution is -2.39. The van der Waals surface area contributed by atoms with Gasteiger partial charge in [-0.2, -0.15) is 20.6 Å². The van der Waals surface area contributed by atoms with Gasteiger partial charge in [-0.25, -0.2) is 0 Å². The van der Waals surface area contributed by atoms with Crippen molar-refractivity contribution in [1.29, 1.82) is 0 Å². The third-order valence-corrected chi connectivity index (χ3v) is 5.52. The van der Waals surface area contributed by atoms with Crippen LogP contribution < -0.4 is 9.64 Å².